The fourth-order valence-corrected chi connectivity index (χ4v) is 2.67. The average Bonchev–Trinajstić information content (AvgIpc) is 2.92. The largest absolute Gasteiger partial charge is 0.480 e. The van der Waals surface area contributed by atoms with Gasteiger partial charge in [0, 0.05) is 31.6 Å². The minimum atomic E-state index is -4.33. The molecule has 0 bridgehead atoms. The number of nitrogens with zero attached hydrogens (tertiary/aromatic N) is 3. The summed E-state index contributed by atoms with van der Waals surface area (Å²) in [6, 6.07) is 1.69. The van der Waals surface area contributed by atoms with Crippen LogP contribution in [0.25, 0.3) is 0 Å². The standard InChI is InChI=1S/C14H18F3N3O3/c15-14(16,17)5-3-12(21)19-6-1-2-10(8-19)11-4-7-20(18-11)9-13(22)23/h4,7,10H,1-3,5-6,8-9H2,(H,22,23). The van der Waals surface area contributed by atoms with Crippen LogP contribution in [0.1, 0.15) is 37.3 Å². The Bertz CT molecular complexity index is 571. The zero-order chi connectivity index (χ0) is 17.0. The van der Waals surface area contributed by atoms with E-state index in [1.165, 1.54) is 9.58 Å². The highest BCUT2D eigenvalue weighted by Gasteiger charge is 2.31. The molecule has 2 heterocycles. The summed E-state index contributed by atoms with van der Waals surface area (Å²) in [5, 5.41) is 12.9. The normalized spacial score (nSPS) is 18.9. The molecule has 1 unspecified atom stereocenters. The van der Waals surface area contributed by atoms with Crippen LogP contribution in [-0.4, -0.2) is 50.9 Å². The summed E-state index contributed by atoms with van der Waals surface area (Å²) in [6.45, 7) is 0.519. The molecular weight excluding hydrogens is 315 g/mol. The first-order valence-corrected chi connectivity index (χ1v) is 7.34. The average molecular weight is 333 g/mol. The van der Waals surface area contributed by atoms with Gasteiger partial charge in [-0.3, -0.25) is 14.3 Å². The van der Waals surface area contributed by atoms with E-state index in [-0.39, 0.29) is 12.5 Å². The number of halogens is 3. The Balaban J connectivity index is 1.93. The van der Waals surface area contributed by atoms with Crippen LogP contribution in [0.2, 0.25) is 0 Å². The predicted molar refractivity (Wildman–Crippen MR) is 73.7 cm³/mol. The van der Waals surface area contributed by atoms with Crippen molar-refractivity contribution in [1.82, 2.24) is 14.7 Å². The lowest BCUT2D eigenvalue weighted by atomic mass is 9.94. The molecule has 0 spiro atoms. The number of likely N-dealkylation sites (tertiary alicyclic amines) is 1. The minimum absolute atomic E-state index is 0.0753. The van der Waals surface area contributed by atoms with Crippen LogP contribution in [0.4, 0.5) is 13.2 Å². The number of amides is 1. The minimum Gasteiger partial charge on any atom is -0.480 e. The molecule has 0 saturated carbocycles. The molecule has 1 amide bonds. The molecule has 1 aromatic rings. The van der Waals surface area contributed by atoms with E-state index >= 15 is 0 Å². The van der Waals surface area contributed by atoms with Gasteiger partial charge in [0.15, 0.2) is 0 Å². The van der Waals surface area contributed by atoms with Crippen molar-refractivity contribution in [2.45, 2.75) is 44.3 Å². The number of rotatable bonds is 5. The van der Waals surface area contributed by atoms with Crippen molar-refractivity contribution in [2.75, 3.05) is 13.1 Å². The molecular formula is C14H18F3N3O3. The smallest absolute Gasteiger partial charge is 0.389 e. The molecule has 6 nitrogen and oxygen atoms in total. The lowest BCUT2D eigenvalue weighted by molar-refractivity contribution is -0.149. The zero-order valence-electron chi connectivity index (χ0n) is 12.4. The Morgan fingerprint density at radius 3 is 2.78 bits per heavy atom. The molecule has 23 heavy (non-hydrogen) atoms. The number of carboxylic acids is 1. The lowest BCUT2D eigenvalue weighted by Gasteiger charge is -2.32. The van der Waals surface area contributed by atoms with Crippen molar-refractivity contribution in [2.24, 2.45) is 0 Å². The molecule has 1 N–H and O–H groups in total. The highest BCUT2D eigenvalue weighted by Crippen LogP contribution is 2.27. The Morgan fingerprint density at radius 1 is 1.39 bits per heavy atom. The van der Waals surface area contributed by atoms with Crippen LogP contribution in [0.15, 0.2) is 12.3 Å². The van der Waals surface area contributed by atoms with Crippen molar-refractivity contribution in [3.8, 4) is 0 Å². The maximum atomic E-state index is 12.2. The van der Waals surface area contributed by atoms with E-state index in [0.717, 1.165) is 6.42 Å². The van der Waals surface area contributed by atoms with Crippen molar-refractivity contribution >= 4 is 11.9 Å². The van der Waals surface area contributed by atoms with E-state index in [9.17, 15) is 22.8 Å². The van der Waals surface area contributed by atoms with Crippen LogP contribution in [-0.2, 0) is 16.1 Å². The molecule has 0 aliphatic carbocycles. The third-order valence-corrected chi connectivity index (χ3v) is 3.77. The molecule has 1 atom stereocenters. The fraction of sp³-hybridized carbons (Fsp3) is 0.643. The van der Waals surface area contributed by atoms with Crippen LogP contribution in [0.5, 0.6) is 0 Å². The highest BCUT2D eigenvalue weighted by atomic mass is 19.4. The number of piperidine rings is 1. The van der Waals surface area contributed by atoms with E-state index in [0.29, 0.717) is 25.2 Å². The van der Waals surface area contributed by atoms with Gasteiger partial charge in [-0.15, -0.1) is 0 Å². The highest BCUT2D eigenvalue weighted by molar-refractivity contribution is 5.76. The Labute approximate surface area is 130 Å². The van der Waals surface area contributed by atoms with Gasteiger partial charge >= 0.3 is 12.1 Å². The molecule has 2 rings (SSSR count). The molecule has 1 aromatic heterocycles. The maximum Gasteiger partial charge on any atom is 0.389 e. The monoisotopic (exact) mass is 333 g/mol. The van der Waals surface area contributed by atoms with Gasteiger partial charge in [-0.25, -0.2) is 0 Å². The number of hydrogen-bond donors (Lipinski definition) is 1. The van der Waals surface area contributed by atoms with E-state index in [1.807, 2.05) is 0 Å². The van der Waals surface area contributed by atoms with Crippen molar-refractivity contribution in [3.05, 3.63) is 18.0 Å². The van der Waals surface area contributed by atoms with Gasteiger partial charge in [-0.1, -0.05) is 0 Å². The first-order chi connectivity index (χ1) is 10.7. The molecule has 128 valence electrons. The Hall–Kier alpha value is -2.06. The first kappa shape index (κ1) is 17.3. The van der Waals surface area contributed by atoms with Crippen molar-refractivity contribution in [3.63, 3.8) is 0 Å². The third-order valence-electron chi connectivity index (χ3n) is 3.77. The zero-order valence-corrected chi connectivity index (χ0v) is 12.4. The molecule has 1 saturated heterocycles. The first-order valence-electron chi connectivity index (χ1n) is 7.34. The van der Waals surface area contributed by atoms with Gasteiger partial charge in [-0.05, 0) is 18.9 Å². The quantitative estimate of drug-likeness (QED) is 0.894. The summed E-state index contributed by atoms with van der Waals surface area (Å²) < 4.78 is 37.9. The van der Waals surface area contributed by atoms with Crippen molar-refractivity contribution < 1.29 is 27.9 Å². The van der Waals surface area contributed by atoms with Gasteiger partial charge in [0.1, 0.15) is 6.54 Å². The third kappa shape index (κ3) is 5.26. The molecule has 9 heteroatoms. The van der Waals surface area contributed by atoms with E-state index < -0.39 is 30.9 Å². The van der Waals surface area contributed by atoms with E-state index in [1.54, 1.807) is 12.3 Å². The number of hydrogen-bond acceptors (Lipinski definition) is 3. The summed E-state index contributed by atoms with van der Waals surface area (Å²) >= 11 is 0. The number of aliphatic carboxylic acids is 1. The van der Waals surface area contributed by atoms with Crippen molar-refractivity contribution in [1.29, 1.82) is 0 Å². The number of carbonyl (C=O) groups excluding carboxylic acids is 1. The van der Waals surface area contributed by atoms with Gasteiger partial charge in [0.25, 0.3) is 0 Å². The second-order valence-corrected chi connectivity index (χ2v) is 5.63. The van der Waals surface area contributed by atoms with Gasteiger partial charge < -0.3 is 10.0 Å². The SMILES string of the molecule is O=C(O)Cn1ccc(C2CCCN(C(=O)CCC(F)(F)F)C2)n1. The van der Waals surface area contributed by atoms with Gasteiger partial charge in [-0.2, -0.15) is 18.3 Å². The van der Waals surface area contributed by atoms with Gasteiger partial charge in [0.05, 0.1) is 12.1 Å². The number of aromatic nitrogens is 2. The number of alkyl halides is 3. The van der Waals surface area contributed by atoms with Gasteiger partial charge in [0.2, 0.25) is 5.91 Å². The van der Waals surface area contributed by atoms with Crippen LogP contribution >= 0.6 is 0 Å². The molecule has 1 aliphatic heterocycles. The number of carbonyl (C=O) groups is 2. The maximum absolute atomic E-state index is 12.2. The van der Waals surface area contributed by atoms with E-state index in [2.05, 4.69) is 5.10 Å². The molecule has 0 radical (unpaired) electrons. The summed E-state index contributed by atoms with van der Waals surface area (Å²) in [5.74, 6) is -1.59. The second-order valence-electron chi connectivity index (χ2n) is 5.63. The molecule has 1 aliphatic rings. The van der Waals surface area contributed by atoms with Crippen LogP contribution < -0.4 is 0 Å². The second kappa shape index (κ2) is 7.01. The molecule has 0 aromatic carbocycles. The Kier molecular flexibility index (Phi) is 5.27. The summed E-state index contributed by atoms with van der Waals surface area (Å²) in [7, 11) is 0. The Morgan fingerprint density at radius 2 is 2.13 bits per heavy atom. The van der Waals surface area contributed by atoms with Crippen LogP contribution in [0.3, 0.4) is 0 Å². The number of carboxylic acid groups (broad SMARTS) is 1. The van der Waals surface area contributed by atoms with E-state index in [4.69, 9.17) is 5.11 Å². The molecule has 1 fully saturated rings. The lowest BCUT2D eigenvalue weighted by Crippen LogP contribution is -2.39. The summed E-state index contributed by atoms with van der Waals surface area (Å²) in [5.41, 5.74) is 0.666. The van der Waals surface area contributed by atoms with Crippen LogP contribution in [0, 0.1) is 0 Å². The summed E-state index contributed by atoms with van der Waals surface area (Å²) in [4.78, 5) is 24.0. The topological polar surface area (TPSA) is 75.4 Å². The predicted octanol–water partition coefficient (Wildman–Crippen LogP) is 2.02. The fourth-order valence-electron chi connectivity index (χ4n) is 2.67. The summed E-state index contributed by atoms with van der Waals surface area (Å²) in [6.07, 6.45) is -2.97.